The van der Waals surface area contributed by atoms with Crippen molar-refractivity contribution in [1.29, 1.82) is 0 Å². The van der Waals surface area contributed by atoms with Gasteiger partial charge in [-0.05, 0) is 42.0 Å². The number of anilines is 3. The number of nitrogen functional groups attached to an aromatic ring is 1. The number of hydrogen-bond donors (Lipinski definition) is 4. The van der Waals surface area contributed by atoms with Crippen molar-refractivity contribution in [2.45, 2.75) is 24.7 Å². The summed E-state index contributed by atoms with van der Waals surface area (Å²) in [6.45, 7) is 0.487. The number of para-hydroxylation sites is 1. The summed E-state index contributed by atoms with van der Waals surface area (Å²) >= 11 is 0. The second kappa shape index (κ2) is 10.2. The first kappa shape index (κ1) is 25.0. The second-order valence-electron chi connectivity index (χ2n) is 8.36. The van der Waals surface area contributed by atoms with Gasteiger partial charge in [-0.15, -0.1) is 0 Å². The maximum Gasteiger partial charge on any atom is 0.418 e. The summed E-state index contributed by atoms with van der Waals surface area (Å²) in [6, 6.07) is 14.9. The molecule has 0 bridgehead atoms. The summed E-state index contributed by atoms with van der Waals surface area (Å²) in [5.74, 6) is -0.607. The Morgan fingerprint density at radius 1 is 1.06 bits per heavy atom. The zero-order valence-corrected chi connectivity index (χ0v) is 19.1. The average Bonchev–Trinajstić information content (AvgIpc) is 3.33. The van der Waals surface area contributed by atoms with Crippen molar-refractivity contribution in [3.8, 4) is 0 Å². The van der Waals surface area contributed by atoms with Crippen LogP contribution in [-0.4, -0.2) is 35.6 Å². The fraction of sp³-hybridized carbons (Fsp3) is 0.240. The zero-order chi connectivity index (χ0) is 25.8. The van der Waals surface area contributed by atoms with Gasteiger partial charge >= 0.3 is 6.18 Å². The van der Waals surface area contributed by atoms with Gasteiger partial charge in [0.25, 0.3) is 5.91 Å². The van der Waals surface area contributed by atoms with Crippen LogP contribution in [0.3, 0.4) is 0 Å². The summed E-state index contributed by atoms with van der Waals surface area (Å²) in [5, 5.41) is 8.34. The van der Waals surface area contributed by atoms with E-state index in [4.69, 9.17) is 10.5 Å². The molecule has 4 rings (SSSR count). The van der Waals surface area contributed by atoms with E-state index in [0.717, 1.165) is 11.6 Å². The average molecular weight is 499 g/mol. The lowest BCUT2D eigenvalue weighted by Gasteiger charge is -2.27. The van der Waals surface area contributed by atoms with Crippen LogP contribution in [0.2, 0.25) is 0 Å². The molecule has 8 nitrogen and oxygen atoms in total. The molecule has 1 aliphatic heterocycles. The van der Waals surface area contributed by atoms with Crippen molar-refractivity contribution in [1.82, 2.24) is 15.6 Å². The van der Waals surface area contributed by atoms with Gasteiger partial charge in [-0.2, -0.15) is 13.2 Å². The molecule has 2 heterocycles. The molecule has 2 aromatic carbocycles. The van der Waals surface area contributed by atoms with Crippen molar-refractivity contribution < 1.29 is 27.5 Å². The van der Waals surface area contributed by atoms with Crippen molar-refractivity contribution >= 4 is 29.0 Å². The van der Waals surface area contributed by atoms with Crippen molar-refractivity contribution in [3.63, 3.8) is 0 Å². The first-order valence-electron chi connectivity index (χ1n) is 11.1. The van der Waals surface area contributed by atoms with Gasteiger partial charge in [0.15, 0.2) is 0 Å². The van der Waals surface area contributed by atoms with E-state index in [1.807, 2.05) is 0 Å². The van der Waals surface area contributed by atoms with Crippen LogP contribution in [0.4, 0.5) is 30.4 Å². The summed E-state index contributed by atoms with van der Waals surface area (Å²) in [4.78, 5) is 29.6. The van der Waals surface area contributed by atoms with Crippen LogP contribution < -0.4 is 21.7 Å². The van der Waals surface area contributed by atoms with E-state index in [2.05, 4.69) is 20.9 Å². The lowest BCUT2D eigenvalue weighted by molar-refractivity contribution is -0.137. The van der Waals surface area contributed by atoms with Crippen molar-refractivity contribution in [3.05, 3.63) is 83.6 Å². The zero-order valence-electron chi connectivity index (χ0n) is 19.1. The van der Waals surface area contributed by atoms with Crippen molar-refractivity contribution in [2.24, 2.45) is 0 Å². The Morgan fingerprint density at radius 3 is 2.44 bits per heavy atom. The van der Waals surface area contributed by atoms with Gasteiger partial charge in [-0.3, -0.25) is 9.59 Å². The van der Waals surface area contributed by atoms with E-state index < -0.39 is 29.1 Å². The molecule has 1 atom stereocenters. The van der Waals surface area contributed by atoms with E-state index >= 15 is 0 Å². The Bertz CT molecular complexity index is 1220. The number of rotatable bonds is 7. The van der Waals surface area contributed by atoms with Crippen LogP contribution in [0, 0.1) is 0 Å². The highest BCUT2D eigenvalue weighted by atomic mass is 19.4. The number of aromatic nitrogens is 1. The number of ether oxygens (including phenoxy) is 1. The van der Waals surface area contributed by atoms with Crippen LogP contribution in [0.5, 0.6) is 0 Å². The molecule has 2 amide bonds. The third-order valence-electron chi connectivity index (χ3n) is 5.78. The number of nitrogens with zero attached hydrogens (tertiary/aromatic N) is 1. The predicted molar refractivity (Wildman–Crippen MR) is 127 cm³/mol. The molecule has 0 saturated carbocycles. The second-order valence-corrected chi connectivity index (χ2v) is 8.36. The molecule has 1 fully saturated rings. The number of halogens is 3. The van der Waals surface area contributed by atoms with Crippen LogP contribution in [0.25, 0.3) is 0 Å². The molecule has 36 heavy (non-hydrogen) atoms. The number of pyridine rings is 1. The summed E-state index contributed by atoms with van der Waals surface area (Å²) in [5.41, 5.74) is 4.95. The molecule has 0 aliphatic carbocycles. The third kappa shape index (κ3) is 5.74. The highest BCUT2D eigenvalue weighted by molar-refractivity contribution is 5.99. The predicted octanol–water partition coefficient (Wildman–Crippen LogP) is 3.63. The number of benzene rings is 2. The highest BCUT2D eigenvalue weighted by Gasteiger charge is 2.43. The lowest BCUT2D eigenvalue weighted by atomic mass is 9.96. The van der Waals surface area contributed by atoms with Gasteiger partial charge in [0.05, 0.1) is 23.4 Å². The standard InChI is InChI=1S/C25H24F3N5O3/c26-25(27,28)19-3-1-2-4-20(19)32-18-8-5-16(6-9-18)13-31-23(35)24(11-12-36-15-24)33-22(34)17-7-10-21(29)30-14-17/h1-10,14,32H,11-13,15H2,(H2,29,30)(H,31,35)(H,33,34). The molecule has 1 aliphatic rings. The number of hydrogen-bond acceptors (Lipinski definition) is 6. The smallest absolute Gasteiger partial charge is 0.384 e. The summed E-state index contributed by atoms with van der Waals surface area (Å²) in [7, 11) is 0. The van der Waals surface area contributed by atoms with Crippen LogP contribution in [0.1, 0.15) is 27.9 Å². The van der Waals surface area contributed by atoms with Crippen LogP contribution in [0.15, 0.2) is 66.9 Å². The third-order valence-corrected chi connectivity index (χ3v) is 5.78. The largest absolute Gasteiger partial charge is 0.418 e. The van der Waals surface area contributed by atoms with Gasteiger partial charge in [0, 0.05) is 31.5 Å². The quantitative estimate of drug-likeness (QED) is 0.394. The minimum atomic E-state index is -4.48. The molecule has 1 unspecified atom stereocenters. The van der Waals surface area contributed by atoms with Crippen LogP contribution in [-0.2, 0) is 22.3 Å². The molecule has 11 heteroatoms. The molecule has 5 N–H and O–H groups in total. The molecular weight excluding hydrogens is 475 g/mol. The number of amides is 2. The SMILES string of the molecule is Nc1ccc(C(=O)NC2(C(=O)NCc3ccc(Nc4ccccc4C(F)(F)F)cc3)CCOC2)cn1. The first-order chi connectivity index (χ1) is 17.2. The summed E-state index contributed by atoms with van der Waals surface area (Å²) < 4.78 is 45.1. The molecule has 3 aromatic rings. The van der Waals surface area contributed by atoms with E-state index in [9.17, 15) is 22.8 Å². The Morgan fingerprint density at radius 2 is 1.81 bits per heavy atom. The van der Waals surface area contributed by atoms with Gasteiger partial charge in [0.2, 0.25) is 5.91 Å². The van der Waals surface area contributed by atoms with E-state index in [-0.39, 0.29) is 30.2 Å². The van der Waals surface area contributed by atoms with Gasteiger partial charge in [-0.1, -0.05) is 24.3 Å². The fourth-order valence-corrected chi connectivity index (χ4v) is 3.78. The van der Waals surface area contributed by atoms with Crippen molar-refractivity contribution in [2.75, 3.05) is 24.3 Å². The number of carbonyl (C=O) groups excluding carboxylic acids is 2. The molecule has 0 radical (unpaired) electrons. The topological polar surface area (TPSA) is 118 Å². The summed E-state index contributed by atoms with van der Waals surface area (Å²) in [6.07, 6.45) is -2.85. The van der Waals surface area contributed by atoms with Gasteiger partial charge in [0.1, 0.15) is 11.4 Å². The minimum Gasteiger partial charge on any atom is -0.384 e. The lowest BCUT2D eigenvalue weighted by Crippen LogP contribution is -2.59. The maximum atomic E-state index is 13.2. The van der Waals surface area contributed by atoms with E-state index in [1.54, 1.807) is 24.3 Å². The molecule has 1 aromatic heterocycles. The fourth-order valence-electron chi connectivity index (χ4n) is 3.78. The molecular formula is C25H24F3N5O3. The first-order valence-corrected chi connectivity index (χ1v) is 11.1. The van der Waals surface area contributed by atoms with E-state index in [0.29, 0.717) is 18.7 Å². The molecule has 188 valence electrons. The molecule has 0 spiro atoms. The number of nitrogens with two attached hydrogens (primary N) is 1. The van der Waals surface area contributed by atoms with Gasteiger partial charge in [-0.25, -0.2) is 4.98 Å². The minimum absolute atomic E-state index is 0.0223. The Kier molecular flexibility index (Phi) is 7.11. The number of carbonyl (C=O) groups is 2. The molecule has 1 saturated heterocycles. The Hall–Kier alpha value is -4.12. The van der Waals surface area contributed by atoms with Crippen LogP contribution >= 0.6 is 0 Å². The highest BCUT2D eigenvalue weighted by Crippen LogP contribution is 2.35. The Balaban J connectivity index is 1.38. The normalized spacial score (nSPS) is 17.4. The van der Waals surface area contributed by atoms with E-state index in [1.165, 1.54) is 36.5 Å². The number of nitrogens with one attached hydrogen (secondary N) is 3. The maximum absolute atomic E-state index is 13.2. The monoisotopic (exact) mass is 499 g/mol. The Labute approximate surface area is 205 Å². The van der Waals surface area contributed by atoms with Gasteiger partial charge < -0.3 is 26.4 Å². The number of alkyl halides is 3.